The van der Waals surface area contributed by atoms with E-state index in [-0.39, 0.29) is 170 Å². The van der Waals surface area contributed by atoms with Crippen molar-refractivity contribution in [1.82, 2.24) is 0 Å². The van der Waals surface area contributed by atoms with Crippen molar-refractivity contribution < 1.29 is 159 Å². The van der Waals surface area contributed by atoms with Gasteiger partial charge in [0, 0.05) is 0 Å². The molecule has 0 heterocycles. The van der Waals surface area contributed by atoms with Gasteiger partial charge in [-0.2, -0.15) is 146 Å². The first kappa shape index (κ1) is 104. The minimum atomic E-state index is -0.180. The maximum atomic E-state index is 3.15. The second-order valence-corrected chi connectivity index (χ2v) is 26.9. The monoisotopic (exact) mass is 2270 g/mol. The summed E-state index contributed by atoms with van der Waals surface area (Å²) in [5.74, 6) is 0. The van der Waals surface area contributed by atoms with E-state index in [4.69, 9.17) is 0 Å². The number of hydrogen-bond donors (Lipinski definition) is 0. The maximum Gasteiger partial charge on any atom is 2.00 e. The number of rotatable bonds is 3. The topological polar surface area (TPSA) is 378 Å². The van der Waals surface area contributed by atoms with Crippen molar-refractivity contribution in [2.75, 3.05) is 0 Å². The zero-order valence-electron chi connectivity index (χ0n) is 65.8. The van der Waals surface area contributed by atoms with E-state index in [0.29, 0.717) is 0 Å². The quantitative estimate of drug-likeness (QED) is 0.0904. The van der Waals surface area contributed by atoms with Crippen molar-refractivity contribution in [1.29, 1.82) is 0 Å². The molecule has 24 N–H and O–H groups in total. The van der Waals surface area contributed by atoms with E-state index in [1.807, 2.05) is 146 Å². The Kier molecular flexibility index (Phi) is 40.4. The second kappa shape index (κ2) is 46.8. The summed E-state index contributed by atoms with van der Waals surface area (Å²) in [7, 11) is 0. The van der Waals surface area contributed by atoms with Gasteiger partial charge in [-0.05, 0) is 132 Å². The van der Waals surface area contributed by atoms with Crippen LogP contribution in [-0.4, -0.2) is 65.7 Å². The van der Waals surface area contributed by atoms with E-state index in [9.17, 15) is 0 Å². The van der Waals surface area contributed by atoms with E-state index in [2.05, 4.69) is 303 Å². The van der Waals surface area contributed by atoms with Gasteiger partial charge in [-0.1, -0.05) is 267 Å². The minimum Gasteiger partial charge on any atom is -0.412 e. The molecular weight excluding hydrogens is 2180 g/mol. The Labute approximate surface area is 776 Å². The molecule has 0 aliphatic heterocycles. The minimum absolute atomic E-state index is 0. The van der Waals surface area contributed by atoms with Crippen molar-refractivity contribution >= 4 is 43.1 Å². The van der Waals surface area contributed by atoms with Crippen molar-refractivity contribution in [2.45, 2.75) is 10.8 Å². The van der Waals surface area contributed by atoms with Crippen LogP contribution >= 0.6 is 0 Å². The van der Waals surface area contributed by atoms with E-state index >= 15 is 0 Å². The van der Waals surface area contributed by atoms with Crippen LogP contribution in [0.3, 0.4) is 0 Å². The number of hydrogen-bond acceptors (Lipinski definition) is 0. The normalized spacial score (nSPS) is 10.9. The first-order valence-electron chi connectivity index (χ1n) is 36.3. The molecule has 0 fully saturated rings. The third kappa shape index (κ3) is 19.0. The Morgan fingerprint density at radius 2 is 0.281 bits per heavy atom. The van der Waals surface area contributed by atoms with Crippen LogP contribution in [0.4, 0.5) is 0 Å². The summed E-state index contributed by atoms with van der Waals surface area (Å²) < 4.78 is 0. The Bertz CT molecular complexity index is 5350. The molecule has 0 unspecified atom stereocenters. The SMILES string of the molecule is O.O.O.O.O.O.O.O.O.O.O.O.[U+2].[U+2].[U+2].[c-]1ccccc1-c1[c-]cccc1.[c-]1ccccc1-c1[c-]cccc1.[c-]1ccccc1-c1[c-]cccc1.c1cc2cccc3c4cccc5cccc(c(c1)c23)c54.c1ccc2c(c1)-c1ccccc1C21c2ccccc2-c2ccccc21.c1ccc2c(c1)-c1ccccc1C21c2ccccc2-c2ccccc21. The van der Waals surface area contributed by atoms with Gasteiger partial charge in [-0.25, -0.2) is 33.4 Å². The zero-order chi connectivity index (χ0) is 70.6. The summed E-state index contributed by atoms with van der Waals surface area (Å²) in [4.78, 5) is 0. The molecule has 600 valence electrons. The molecule has 121 heavy (non-hydrogen) atoms. The van der Waals surface area contributed by atoms with Gasteiger partial charge >= 0.3 is 93.3 Å². The molecule has 0 atom stereocenters. The summed E-state index contributed by atoms with van der Waals surface area (Å²) in [6.07, 6.45) is 0. The summed E-state index contributed by atoms with van der Waals surface area (Å²) in [6, 6.07) is 164. The first-order chi connectivity index (χ1) is 52.7. The molecule has 0 bridgehead atoms. The summed E-state index contributed by atoms with van der Waals surface area (Å²) in [5.41, 5.74) is 28.4. The van der Waals surface area contributed by atoms with Gasteiger partial charge in [-0.3, -0.25) is 0 Å². The predicted molar refractivity (Wildman–Crippen MR) is 485 cm³/mol. The van der Waals surface area contributed by atoms with Gasteiger partial charge in [-0.15, -0.1) is 36.4 Å². The maximum absolute atomic E-state index is 3.15. The van der Waals surface area contributed by atoms with E-state index in [0.717, 1.165) is 33.4 Å². The third-order valence-corrected chi connectivity index (χ3v) is 21.3. The molecule has 0 saturated carbocycles. The molecule has 15 heteroatoms. The average molecular weight is 2270 g/mol. The predicted octanol–water partition coefficient (Wildman–Crippen LogP) is 16.8. The van der Waals surface area contributed by atoms with Crippen LogP contribution in [0.1, 0.15) is 44.5 Å². The average Bonchev–Trinajstić information content (AvgIpc) is 1.53. The fourth-order valence-electron chi connectivity index (χ4n) is 17.0. The van der Waals surface area contributed by atoms with Crippen LogP contribution in [-0.2, 0) is 10.8 Å². The smallest absolute Gasteiger partial charge is 0.412 e. The molecule has 0 amide bonds. The van der Waals surface area contributed by atoms with Gasteiger partial charge in [0.2, 0.25) is 0 Å². The van der Waals surface area contributed by atoms with E-state index in [1.165, 1.54) is 132 Å². The molecule has 4 aliphatic rings. The van der Waals surface area contributed by atoms with Gasteiger partial charge in [0.15, 0.2) is 0 Å². The molecular formula is C106H92O12U3. The van der Waals surface area contributed by atoms with Crippen LogP contribution in [0, 0.1) is 130 Å². The number of benzene rings is 19. The van der Waals surface area contributed by atoms with Gasteiger partial charge in [0.25, 0.3) is 0 Å². The zero-order valence-corrected chi connectivity index (χ0v) is 78.3. The van der Waals surface area contributed by atoms with Crippen molar-refractivity contribution in [3.63, 3.8) is 0 Å². The van der Waals surface area contributed by atoms with Gasteiger partial charge in [0.05, 0.1) is 10.8 Å². The fraction of sp³-hybridized carbons (Fsp3) is 0.0189. The van der Waals surface area contributed by atoms with Crippen LogP contribution in [0.15, 0.2) is 413 Å². The molecule has 19 aromatic rings. The molecule has 0 saturated heterocycles. The van der Waals surface area contributed by atoms with Crippen molar-refractivity contribution in [3.05, 3.63) is 493 Å². The molecule has 4 aliphatic carbocycles. The molecule has 2 spiro atoms. The molecule has 12 nitrogen and oxygen atoms in total. The first-order valence-corrected chi connectivity index (χ1v) is 36.3. The van der Waals surface area contributed by atoms with Crippen LogP contribution in [0.25, 0.3) is 121 Å². The Hall–Kier alpha value is -10.8. The van der Waals surface area contributed by atoms with Gasteiger partial charge in [0.1, 0.15) is 0 Å². The van der Waals surface area contributed by atoms with E-state index in [1.54, 1.807) is 0 Å². The largest absolute Gasteiger partial charge is 2.00 e. The molecule has 0 radical (unpaired) electrons. The van der Waals surface area contributed by atoms with Crippen LogP contribution in [0.5, 0.6) is 0 Å². The van der Waals surface area contributed by atoms with Crippen molar-refractivity contribution in [2.24, 2.45) is 0 Å². The Morgan fingerprint density at radius 3 is 0.421 bits per heavy atom. The standard InChI is InChI=1S/2C25H16.C20H12.3C12H8.12H2O.3U/c2*1-5-13-21-17(9-1)18-10-2-6-14-22(18)25(21)23-15-7-3-11-19(23)20-12-4-8-16-24(20)25;1-5-13-6-2-11-17-18-12-4-8-14-7-3-10-16(20(14)18)15(9-1)19(13)17;3*1-3-7-11(8-4-1)12-9-5-2-6-10-12;;;;;;;;;;;;;;;/h2*1-16H;1-12H;3*1-7,9H;12*1H2;;;/q;;;3*-2;;;;;;;;;;;;;3*+2. The molecule has 23 rings (SSSR count). The molecule has 19 aromatic carbocycles. The third-order valence-electron chi connectivity index (χ3n) is 21.3. The fourth-order valence-corrected chi connectivity index (χ4v) is 17.0. The van der Waals surface area contributed by atoms with E-state index < -0.39 is 0 Å². The second-order valence-electron chi connectivity index (χ2n) is 26.9. The van der Waals surface area contributed by atoms with Crippen molar-refractivity contribution in [3.8, 4) is 77.9 Å². The molecule has 0 aromatic heterocycles. The summed E-state index contributed by atoms with van der Waals surface area (Å²) >= 11 is 0. The Balaban J connectivity index is 0.000000375. The van der Waals surface area contributed by atoms with Crippen LogP contribution < -0.4 is 0 Å². The Morgan fingerprint density at radius 1 is 0.140 bits per heavy atom. The summed E-state index contributed by atoms with van der Waals surface area (Å²) in [5, 5.41) is 10.9. The van der Waals surface area contributed by atoms with Crippen LogP contribution in [0.2, 0.25) is 0 Å². The number of fused-ring (bicyclic) bond motifs is 22. The van der Waals surface area contributed by atoms with Gasteiger partial charge < -0.3 is 65.7 Å². The summed E-state index contributed by atoms with van der Waals surface area (Å²) in [6.45, 7) is 0.